The minimum Gasteiger partial charge on any atom is -0.350 e. The Morgan fingerprint density at radius 1 is 1.15 bits per heavy atom. The molecule has 2 aromatic heterocycles. The summed E-state index contributed by atoms with van der Waals surface area (Å²) < 4.78 is 1.67. The van der Waals surface area contributed by atoms with E-state index in [1.165, 1.54) is 5.56 Å². The predicted octanol–water partition coefficient (Wildman–Crippen LogP) is 0.485. The predicted molar refractivity (Wildman–Crippen MR) is 75.1 cm³/mol. The molecule has 102 valence electrons. The van der Waals surface area contributed by atoms with E-state index >= 15 is 0 Å². The minimum atomic E-state index is 0.547. The number of fused-ring (bicyclic) bond motifs is 1. The molecule has 0 spiro atoms. The molecule has 0 atom stereocenters. The molecule has 0 amide bonds. The van der Waals surface area contributed by atoms with Gasteiger partial charge in [0.15, 0.2) is 11.5 Å². The molecule has 0 bridgehead atoms. The van der Waals surface area contributed by atoms with Crippen LogP contribution in [0.1, 0.15) is 5.56 Å². The number of benzene rings is 1. The number of anilines is 1. The summed E-state index contributed by atoms with van der Waals surface area (Å²) in [5, 5.41) is 11.6. The minimum absolute atomic E-state index is 0.547. The molecule has 0 saturated carbocycles. The Morgan fingerprint density at radius 3 is 2.80 bits per heavy atom. The topological polar surface area (TPSA) is 85.2 Å². The van der Waals surface area contributed by atoms with Crippen LogP contribution in [0.5, 0.6) is 0 Å². The zero-order chi connectivity index (χ0) is 13.8. The summed E-state index contributed by atoms with van der Waals surface area (Å²) >= 11 is 0. The second kappa shape index (κ2) is 5.62. The average Bonchev–Trinajstić information content (AvgIpc) is 2.96. The van der Waals surface area contributed by atoms with Crippen LogP contribution in [-0.2, 0) is 6.54 Å². The molecule has 3 rings (SSSR count). The number of hydrogen-bond acceptors (Lipinski definition) is 6. The van der Waals surface area contributed by atoms with Gasteiger partial charge in [-0.25, -0.2) is 0 Å². The number of hydrogen-bond donors (Lipinski definition) is 1. The van der Waals surface area contributed by atoms with E-state index in [2.05, 4.69) is 37.5 Å². The first-order chi connectivity index (χ1) is 9.88. The summed E-state index contributed by atoms with van der Waals surface area (Å²) in [6.07, 6.45) is 3.38. The molecule has 7 heteroatoms. The SMILES string of the molecule is NCCN(Cc1ccccc1)c1cncc2nnnn12. The lowest BCUT2D eigenvalue weighted by Crippen LogP contribution is -2.30. The molecule has 0 aliphatic rings. The fraction of sp³-hybridized carbons (Fsp3) is 0.231. The van der Waals surface area contributed by atoms with Gasteiger partial charge in [-0.15, -0.1) is 5.10 Å². The lowest BCUT2D eigenvalue weighted by molar-refractivity contribution is 0.731. The standard InChI is InChI=1S/C13H15N7/c14-6-7-19(10-11-4-2-1-3-5-11)13-9-15-8-12-16-17-18-20(12)13/h1-5,8-9H,6-7,10,14H2. The van der Waals surface area contributed by atoms with Crippen LogP contribution in [0.3, 0.4) is 0 Å². The first-order valence-electron chi connectivity index (χ1n) is 6.39. The van der Waals surface area contributed by atoms with Crippen LogP contribution in [0.15, 0.2) is 42.7 Å². The van der Waals surface area contributed by atoms with Gasteiger partial charge in [-0.2, -0.15) is 4.52 Å². The van der Waals surface area contributed by atoms with E-state index in [0.717, 1.165) is 12.4 Å². The highest BCUT2D eigenvalue weighted by molar-refractivity contribution is 5.46. The van der Waals surface area contributed by atoms with Crippen molar-refractivity contribution in [3.8, 4) is 0 Å². The number of tetrazole rings is 1. The van der Waals surface area contributed by atoms with Crippen molar-refractivity contribution in [1.29, 1.82) is 0 Å². The first-order valence-corrected chi connectivity index (χ1v) is 6.39. The fourth-order valence-corrected chi connectivity index (χ4v) is 2.11. The molecule has 2 N–H and O–H groups in total. The number of aromatic nitrogens is 5. The van der Waals surface area contributed by atoms with E-state index in [4.69, 9.17) is 5.73 Å². The van der Waals surface area contributed by atoms with Crippen molar-refractivity contribution in [2.75, 3.05) is 18.0 Å². The molecular formula is C13H15N7. The van der Waals surface area contributed by atoms with Crippen molar-refractivity contribution >= 4 is 11.5 Å². The summed E-state index contributed by atoms with van der Waals surface area (Å²) in [5.74, 6) is 0.835. The molecule has 0 radical (unpaired) electrons. The molecule has 0 aliphatic heterocycles. The van der Waals surface area contributed by atoms with Crippen LogP contribution in [0.2, 0.25) is 0 Å². The zero-order valence-electron chi connectivity index (χ0n) is 10.9. The van der Waals surface area contributed by atoms with E-state index in [1.807, 2.05) is 18.2 Å². The summed E-state index contributed by atoms with van der Waals surface area (Å²) in [6.45, 7) is 1.99. The van der Waals surface area contributed by atoms with Crippen molar-refractivity contribution in [2.45, 2.75) is 6.54 Å². The second-order valence-corrected chi connectivity index (χ2v) is 4.41. The van der Waals surface area contributed by atoms with Crippen molar-refractivity contribution < 1.29 is 0 Å². The maximum atomic E-state index is 5.72. The summed E-state index contributed by atoms with van der Waals surface area (Å²) in [4.78, 5) is 6.30. The van der Waals surface area contributed by atoms with Gasteiger partial charge in [0.1, 0.15) is 0 Å². The number of rotatable bonds is 5. The van der Waals surface area contributed by atoms with Gasteiger partial charge in [0, 0.05) is 19.6 Å². The van der Waals surface area contributed by atoms with Gasteiger partial charge >= 0.3 is 0 Å². The molecule has 7 nitrogen and oxygen atoms in total. The fourth-order valence-electron chi connectivity index (χ4n) is 2.11. The Morgan fingerprint density at radius 2 is 2.00 bits per heavy atom. The van der Waals surface area contributed by atoms with Gasteiger partial charge in [-0.05, 0) is 16.0 Å². The lowest BCUT2D eigenvalue weighted by atomic mass is 10.2. The van der Waals surface area contributed by atoms with Crippen molar-refractivity contribution in [2.24, 2.45) is 5.73 Å². The third-order valence-electron chi connectivity index (χ3n) is 3.03. The van der Waals surface area contributed by atoms with Gasteiger partial charge in [0.05, 0.1) is 12.4 Å². The highest BCUT2D eigenvalue weighted by Crippen LogP contribution is 2.15. The van der Waals surface area contributed by atoms with E-state index in [1.54, 1.807) is 16.9 Å². The maximum Gasteiger partial charge on any atom is 0.199 e. The number of nitrogens with two attached hydrogens (primary N) is 1. The van der Waals surface area contributed by atoms with Crippen LogP contribution in [0.4, 0.5) is 5.82 Å². The Hall–Kier alpha value is -2.54. The Balaban J connectivity index is 1.96. The van der Waals surface area contributed by atoms with Crippen LogP contribution >= 0.6 is 0 Å². The zero-order valence-corrected chi connectivity index (χ0v) is 10.9. The third-order valence-corrected chi connectivity index (χ3v) is 3.03. The van der Waals surface area contributed by atoms with E-state index < -0.39 is 0 Å². The van der Waals surface area contributed by atoms with E-state index in [0.29, 0.717) is 18.7 Å². The van der Waals surface area contributed by atoms with Crippen LogP contribution in [0, 0.1) is 0 Å². The van der Waals surface area contributed by atoms with Gasteiger partial charge in [0.25, 0.3) is 0 Å². The Kier molecular flexibility index (Phi) is 3.51. The summed E-state index contributed by atoms with van der Waals surface area (Å²) in [6, 6.07) is 10.2. The van der Waals surface area contributed by atoms with Crippen molar-refractivity contribution in [1.82, 2.24) is 25.0 Å². The first kappa shape index (κ1) is 12.5. The Bertz CT molecular complexity index is 679. The molecule has 1 aromatic carbocycles. The normalized spacial score (nSPS) is 10.8. The quantitative estimate of drug-likeness (QED) is 0.725. The largest absolute Gasteiger partial charge is 0.350 e. The molecule has 2 heterocycles. The maximum absolute atomic E-state index is 5.72. The summed E-state index contributed by atoms with van der Waals surface area (Å²) in [5.41, 5.74) is 7.54. The molecule has 0 fully saturated rings. The average molecular weight is 269 g/mol. The van der Waals surface area contributed by atoms with Gasteiger partial charge in [0.2, 0.25) is 0 Å². The highest BCUT2D eigenvalue weighted by atomic mass is 15.5. The van der Waals surface area contributed by atoms with E-state index in [9.17, 15) is 0 Å². The van der Waals surface area contributed by atoms with Crippen molar-refractivity contribution in [3.05, 3.63) is 48.3 Å². The summed E-state index contributed by atoms with van der Waals surface area (Å²) in [7, 11) is 0. The molecule has 0 unspecified atom stereocenters. The molecule has 0 aliphatic carbocycles. The lowest BCUT2D eigenvalue weighted by Gasteiger charge is -2.23. The monoisotopic (exact) mass is 269 g/mol. The number of nitrogens with zero attached hydrogens (tertiary/aromatic N) is 6. The smallest absolute Gasteiger partial charge is 0.199 e. The second-order valence-electron chi connectivity index (χ2n) is 4.41. The van der Waals surface area contributed by atoms with Gasteiger partial charge in [-0.1, -0.05) is 30.3 Å². The third kappa shape index (κ3) is 2.43. The van der Waals surface area contributed by atoms with E-state index in [-0.39, 0.29) is 0 Å². The molecule has 0 saturated heterocycles. The van der Waals surface area contributed by atoms with Gasteiger partial charge in [-0.3, -0.25) is 4.98 Å². The van der Waals surface area contributed by atoms with Crippen molar-refractivity contribution in [3.63, 3.8) is 0 Å². The van der Waals surface area contributed by atoms with Gasteiger partial charge < -0.3 is 10.6 Å². The van der Waals surface area contributed by atoms with Crippen LogP contribution in [-0.4, -0.2) is 38.1 Å². The highest BCUT2D eigenvalue weighted by Gasteiger charge is 2.12. The van der Waals surface area contributed by atoms with Crippen LogP contribution < -0.4 is 10.6 Å². The van der Waals surface area contributed by atoms with Crippen LogP contribution in [0.25, 0.3) is 5.65 Å². The Labute approximate surface area is 116 Å². The molecular weight excluding hydrogens is 254 g/mol. The molecule has 3 aromatic rings. The molecule has 20 heavy (non-hydrogen) atoms.